The number of thiophene rings is 1. The number of ether oxygens (including phenoxy) is 3. The highest BCUT2D eigenvalue weighted by atomic mass is 32.1. The molecule has 9 nitrogen and oxygen atoms in total. The Morgan fingerprint density at radius 2 is 1.77 bits per heavy atom. The molecule has 4 aromatic rings. The first-order valence-corrected chi connectivity index (χ1v) is 13.7. The first-order chi connectivity index (χ1) is 19.4. The molecule has 0 spiro atoms. The summed E-state index contributed by atoms with van der Waals surface area (Å²) in [6.45, 7) is 6.77. The number of non-ortho nitro benzene ring substituents is 1. The zero-order valence-electron chi connectivity index (χ0n) is 22.3. The summed E-state index contributed by atoms with van der Waals surface area (Å²) in [6, 6.07) is 14.8. The third-order valence-corrected chi connectivity index (χ3v) is 7.19. The summed E-state index contributed by atoms with van der Waals surface area (Å²) in [6.07, 6.45) is 2.54. The number of carbonyl (C=O) groups excluding carboxylic acids is 1. The van der Waals surface area contributed by atoms with Crippen LogP contribution in [-0.2, 0) is 20.8 Å². The van der Waals surface area contributed by atoms with Crippen LogP contribution in [0.5, 0.6) is 11.5 Å². The molecule has 0 radical (unpaired) electrons. The number of hydrogen-bond acceptors (Lipinski definition) is 8. The molecular formula is C29H30FN3O6S. The van der Waals surface area contributed by atoms with Crippen molar-refractivity contribution in [2.24, 2.45) is 0 Å². The van der Waals surface area contributed by atoms with Gasteiger partial charge in [0.2, 0.25) is 5.91 Å². The maximum atomic E-state index is 14.4. The van der Waals surface area contributed by atoms with Gasteiger partial charge in [-0.05, 0) is 29.7 Å². The minimum Gasteiger partial charge on any atom is -0.453 e. The summed E-state index contributed by atoms with van der Waals surface area (Å²) in [5.41, 5.74) is 2.29. The van der Waals surface area contributed by atoms with Crippen molar-refractivity contribution in [3.8, 4) is 21.9 Å². The van der Waals surface area contributed by atoms with Crippen LogP contribution >= 0.6 is 11.3 Å². The maximum Gasteiger partial charge on any atom is 0.272 e. The molecule has 2 aromatic heterocycles. The molecule has 0 N–H and O–H groups in total. The van der Waals surface area contributed by atoms with Crippen molar-refractivity contribution in [1.29, 1.82) is 0 Å². The molecule has 0 aliphatic heterocycles. The van der Waals surface area contributed by atoms with E-state index in [1.54, 1.807) is 24.1 Å². The smallest absolute Gasteiger partial charge is 0.272 e. The van der Waals surface area contributed by atoms with Crippen molar-refractivity contribution in [3.05, 3.63) is 82.3 Å². The van der Waals surface area contributed by atoms with Crippen LogP contribution in [-0.4, -0.2) is 53.7 Å². The normalized spacial score (nSPS) is 11.1. The lowest BCUT2D eigenvalue weighted by atomic mass is 10.1. The third-order valence-electron chi connectivity index (χ3n) is 6.01. The Labute approximate surface area is 235 Å². The van der Waals surface area contributed by atoms with Crippen molar-refractivity contribution in [2.75, 3.05) is 33.0 Å². The fourth-order valence-electron chi connectivity index (χ4n) is 3.93. The number of amides is 1. The summed E-state index contributed by atoms with van der Waals surface area (Å²) >= 11 is 1.45. The monoisotopic (exact) mass is 567 g/mol. The van der Waals surface area contributed by atoms with Gasteiger partial charge in [-0.3, -0.25) is 19.9 Å². The molecule has 0 aliphatic rings. The molecule has 11 heteroatoms. The van der Waals surface area contributed by atoms with Crippen molar-refractivity contribution in [3.63, 3.8) is 0 Å². The van der Waals surface area contributed by atoms with E-state index in [1.165, 1.54) is 23.5 Å². The van der Waals surface area contributed by atoms with Gasteiger partial charge in [0, 0.05) is 49.8 Å². The lowest BCUT2D eigenvalue weighted by molar-refractivity contribution is -0.385. The standard InChI is InChI=1S/C29H30FN3O6S/c1-3-13-37-15-16-38-14-12-32(20(2)34)19-21-4-6-22(7-5-21)28-18-25-29(40-28)27(10-11-31-25)39-26-9-8-23(33(35)36)17-24(26)30/h4-11,17-18H,3,12-16,19H2,1-2H3. The van der Waals surface area contributed by atoms with E-state index >= 15 is 0 Å². The van der Waals surface area contributed by atoms with Crippen LogP contribution < -0.4 is 4.74 Å². The Kier molecular flexibility index (Phi) is 10.1. The molecule has 0 saturated heterocycles. The van der Waals surface area contributed by atoms with Crippen LogP contribution in [0, 0.1) is 15.9 Å². The highest BCUT2D eigenvalue weighted by molar-refractivity contribution is 7.22. The van der Waals surface area contributed by atoms with E-state index in [0.29, 0.717) is 50.8 Å². The fourth-order valence-corrected chi connectivity index (χ4v) is 5.00. The molecule has 0 bridgehead atoms. The Hall–Kier alpha value is -3.93. The third kappa shape index (κ3) is 7.59. The minimum atomic E-state index is -0.821. The van der Waals surface area contributed by atoms with E-state index in [4.69, 9.17) is 14.2 Å². The molecule has 1 amide bonds. The first-order valence-electron chi connectivity index (χ1n) is 12.9. The quantitative estimate of drug-likeness (QED) is 0.0961. The largest absolute Gasteiger partial charge is 0.453 e. The first kappa shape index (κ1) is 29.1. The number of halogens is 1. The van der Waals surface area contributed by atoms with E-state index in [2.05, 4.69) is 11.9 Å². The number of nitrogens with zero attached hydrogens (tertiary/aromatic N) is 3. The molecule has 0 fully saturated rings. The van der Waals surface area contributed by atoms with Crippen molar-refractivity contribution in [2.45, 2.75) is 26.8 Å². The second kappa shape index (κ2) is 13.9. The van der Waals surface area contributed by atoms with Gasteiger partial charge in [0.15, 0.2) is 11.6 Å². The molecule has 210 valence electrons. The second-order valence-electron chi connectivity index (χ2n) is 8.97. The molecule has 0 atom stereocenters. The predicted molar refractivity (Wildman–Crippen MR) is 151 cm³/mol. The summed E-state index contributed by atoms with van der Waals surface area (Å²) < 4.78 is 31.9. The SMILES string of the molecule is CCCOCCOCCN(Cc1ccc(-c2cc3nccc(Oc4ccc([N+](=O)[O-])cc4F)c3s2)cc1)C(C)=O. The van der Waals surface area contributed by atoms with Crippen molar-refractivity contribution < 1.29 is 28.3 Å². The predicted octanol–water partition coefficient (Wildman–Crippen LogP) is 6.59. The van der Waals surface area contributed by atoms with E-state index in [-0.39, 0.29) is 17.3 Å². The van der Waals surface area contributed by atoms with Gasteiger partial charge in [-0.25, -0.2) is 4.39 Å². The minimum absolute atomic E-state index is 0.0255. The highest BCUT2D eigenvalue weighted by Crippen LogP contribution is 2.40. The number of nitro benzene ring substituents is 1. The average Bonchev–Trinajstić information content (AvgIpc) is 3.38. The Balaban J connectivity index is 1.42. The number of pyridine rings is 1. The maximum absolute atomic E-state index is 14.4. The van der Waals surface area contributed by atoms with Crippen LogP contribution in [0.4, 0.5) is 10.1 Å². The van der Waals surface area contributed by atoms with Crippen LogP contribution in [0.15, 0.2) is 60.8 Å². The molecular weight excluding hydrogens is 537 g/mol. The number of aromatic nitrogens is 1. The molecule has 40 heavy (non-hydrogen) atoms. The van der Waals surface area contributed by atoms with Crippen LogP contribution in [0.1, 0.15) is 25.8 Å². The average molecular weight is 568 g/mol. The van der Waals surface area contributed by atoms with Crippen LogP contribution in [0.2, 0.25) is 0 Å². The van der Waals surface area contributed by atoms with E-state index in [9.17, 15) is 19.3 Å². The number of hydrogen-bond donors (Lipinski definition) is 0. The van der Waals surface area contributed by atoms with E-state index < -0.39 is 10.7 Å². The molecule has 0 aliphatic carbocycles. The fraction of sp³-hybridized carbons (Fsp3) is 0.310. The van der Waals surface area contributed by atoms with Crippen molar-refractivity contribution in [1.82, 2.24) is 9.88 Å². The molecule has 2 aromatic carbocycles. The van der Waals surface area contributed by atoms with Crippen molar-refractivity contribution >= 4 is 33.1 Å². The number of rotatable bonds is 14. The summed E-state index contributed by atoms with van der Waals surface area (Å²) in [5.74, 6) is -0.550. The summed E-state index contributed by atoms with van der Waals surface area (Å²) in [5, 5.41) is 10.9. The number of carbonyl (C=O) groups is 1. The van der Waals surface area contributed by atoms with Gasteiger partial charge in [-0.15, -0.1) is 11.3 Å². The van der Waals surface area contributed by atoms with Crippen LogP contribution in [0.3, 0.4) is 0 Å². The molecule has 0 saturated carbocycles. The van der Waals surface area contributed by atoms with Gasteiger partial charge >= 0.3 is 0 Å². The van der Waals surface area contributed by atoms with Gasteiger partial charge < -0.3 is 19.1 Å². The lowest BCUT2D eigenvalue weighted by Crippen LogP contribution is -2.31. The van der Waals surface area contributed by atoms with Gasteiger partial charge in [-0.1, -0.05) is 31.2 Å². The Morgan fingerprint density at radius 3 is 2.45 bits per heavy atom. The zero-order valence-corrected chi connectivity index (χ0v) is 23.1. The van der Waals surface area contributed by atoms with E-state index in [0.717, 1.165) is 33.2 Å². The van der Waals surface area contributed by atoms with Gasteiger partial charge in [-0.2, -0.15) is 0 Å². The Bertz CT molecular complexity index is 1460. The van der Waals surface area contributed by atoms with Crippen LogP contribution in [0.25, 0.3) is 20.7 Å². The summed E-state index contributed by atoms with van der Waals surface area (Å²) in [4.78, 5) is 29.5. The number of fused-ring (bicyclic) bond motifs is 1. The lowest BCUT2D eigenvalue weighted by Gasteiger charge is -2.21. The van der Waals surface area contributed by atoms with Gasteiger partial charge in [0.1, 0.15) is 5.75 Å². The van der Waals surface area contributed by atoms with E-state index in [1.807, 2.05) is 30.3 Å². The molecule has 0 unspecified atom stereocenters. The Morgan fingerprint density at radius 1 is 1.02 bits per heavy atom. The number of nitro groups is 1. The van der Waals surface area contributed by atoms with Gasteiger partial charge in [0.25, 0.3) is 5.69 Å². The molecule has 2 heterocycles. The topological polar surface area (TPSA) is 104 Å². The zero-order chi connectivity index (χ0) is 28.5. The highest BCUT2D eigenvalue weighted by Gasteiger charge is 2.16. The number of benzene rings is 2. The van der Waals surface area contributed by atoms with Gasteiger partial charge in [0.05, 0.1) is 41.0 Å². The summed E-state index contributed by atoms with van der Waals surface area (Å²) in [7, 11) is 0. The molecule has 4 rings (SSSR count). The second-order valence-corrected chi connectivity index (χ2v) is 10.0.